The van der Waals surface area contributed by atoms with Crippen molar-refractivity contribution in [1.29, 1.82) is 0 Å². The molecule has 1 saturated carbocycles. The van der Waals surface area contributed by atoms with Crippen LogP contribution < -0.4 is 5.73 Å². The van der Waals surface area contributed by atoms with Gasteiger partial charge in [0.2, 0.25) is 0 Å². The monoisotopic (exact) mass is 277 g/mol. The molecule has 0 radical (unpaired) electrons. The molecule has 4 nitrogen and oxygen atoms in total. The smallest absolute Gasteiger partial charge is 0.0590 e. The molecular formula is C16H27N3O. The Morgan fingerprint density at radius 3 is 2.50 bits per heavy atom. The maximum absolute atomic E-state index is 6.30. The number of nitrogens with two attached hydrogens (primary N) is 1. The van der Waals surface area contributed by atoms with Crippen molar-refractivity contribution >= 4 is 0 Å². The van der Waals surface area contributed by atoms with Gasteiger partial charge < -0.3 is 10.5 Å². The van der Waals surface area contributed by atoms with Gasteiger partial charge in [0.1, 0.15) is 0 Å². The van der Waals surface area contributed by atoms with E-state index in [9.17, 15) is 0 Å². The Morgan fingerprint density at radius 1 is 1.35 bits per heavy atom. The van der Waals surface area contributed by atoms with Gasteiger partial charge in [-0.1, -0.05) is 0 Å². The Balaban J connectivity index is 2.21. The Hall–Kier alpha value is -0.970. The number of ether oxygens (including phenoxy) is 1. The van der Waals surface area contributed by atoms with Gasteiger partial charge in [0.05, 0.1) is 12.6 Å². The first kappa shape index (κ1) is 15.4. The van der Waals surface area contributed by atoms with Crippen LogP contribution in [0, 0.1) is 5.92 Å². The first-order valence-corrected chi connectivity index (χ1v) is 7.55. The molecule has 112 valence electrons. The zero-order valence-corrected chi connectivity index (χ0v) is 12.8. The van der Waals surface area contributed by atoms with Crippen molar-refractivity contribution in [2.45, 2.75) is 44.8 Å². The van der Waals surface area contributed by atoms with Gasteiger partial charge in [0.15, 0.2) is 0 Å². The lowest BCUT2D eigenvalue weighted by Gasteiger charge is -2.39. The quantitative estimate of drug-likeness (QED) is 0.791. The normalized spacial score (nSPS) is 19.9. The predicted octanol–water partition coefficient (Wildman–Crippen LogP) is 2.22. The molecule has 0 spiro atoms. The average Bonchev–Trinajstić information content (AvgIpc) is 3.27. The molecule has 1 aromatic rings. The zero-order valence-electron chi connectivity index (χ0n) is 12.8. The van der Waals surface area contributed by atoms with E-state index < -0.39 is 0 Å². The van der Waals surface area contributed by atoms with Crippen molar-refractivity contribution in [2.24, 2.45) is 11.7 Å². The van der Waals surface area contributed by atoms with Crippen LogP contribution >= 0.6 is 0 Å². The summed E-state index contributed by atoms with van der Waals surface area (Å²) in [7, 11) is 1.76. The predicted molar refractivity (Wildman–Crippen MR) is 81.4 cm³/mol. The second-order valence-corrected chi connectivity index (χ2v) is 5.89. The number of aromatic nitrogens is 1. The van der Waals surface area contributed by atoms with Crippen molar-refractivity contribution in [1.82, 2.24) is 9.88 Å². The molecule has 3 atom stereocenters. The van der Waals surface area contributed by atoms with E-state index >= 15 is 0 Å². The Kier molecular flexibility index (Phi) is 5.52. The number of hydrogen-bond donors (Lipinski definition) is 1. The lowest BCUT2D eigenvalue weighted by atomic mass is 9.97. The van der Waals surface area contributed by atoms with Gasteiger partial charge in [-0.2, -0.15) is 0 Å². The fourth-order valence-electron chi connectivity index (χ4n) is 3.00. The molecule has 3 unspecified atom stereocenters. The number of pyridine rings is 1. The zero-order chi connectivity index (χ0) is 14.5. The summed E-state index contributed by atoms with van der Waals surface area (Å²) < 4.78 is 5.29. The molecule has 1 heterocycles. The van der Waals surface area contributed by atoms with Gasteiger partial charge in [-0.25, -0.2) is 0 Å². The minimum atomic E-state index is 0.0791. The molecule has 2 N–H and O–H groups in total. The highest BCUT2D eigenvalue weighted by Gasteiger charge is 2.36. The molecule has 0 bridgehead atoms. The SMILES string of the molecule is COCCN(C(C)C1CC1)C(c1ccncc1)C(C)N. The summed E-state index contributed by atoms with van der Waals surface area (Å²) in [6, 6.07) is 5.01. The first-order valence-electron chi connectivity index (χ1n) is 7.55. The molecule has 0 saturated heterocycles. The highest BCUT2D eigenvalue weighted by molar-refractivity contribution is 5.17. The van der Waals surface area contributed by atoms with Crippen LogP contribution in [0.5, 0.6) is 0 Å². The lowest BCUT2D eigenvalue weighted by molar-refractivity contribution is 0.0719. The fourth-order valence-corrected chi connectivity index (χ4v) is 3.00. The molecule has 20 heavy (non-hydrogen) atoms. The minimum absolute atomic E-state index is 0.0791. The van der Waals surface area contributed by atoms with Crippen LogP contribution in [0.25, 0.3) is 0 Å². The van der Waals surface area contributed by atoms with Crippen molar-refractivity contribution < 1.29 is 4.74 Å². The van der Waals surface area contributed by atoms with E-state index in [1.54, 1.807) is 7.11 Å². The highest BCUT2D eigenvalue weighted by atomic mass is 16.5. The first-order chi connectivity index (χ1) is 9.65. The van der Waals surface area contributed by atoms with Gasteiger partial charge in [-0.15, -0.1) is 0 Å². The van der Waals surface area contributed by atoms with Gasteiger partial charge in [-0.05, 0) is 50.3 Å². The summed E-state index contributed by atoms with van der Waals surface area (Å²) in [5.74, 6) is 0.815. The van der Waals surface area contributed by atoms with E-state index in [0.29, 0.717) is 6.04 Å². The van der Waals surface area contributed by atoms with E-state index in [-0.39, 0.29) is 12.1 Å². The van der Waals surface area contributed by atoms with Crippen LogP contribution in [0.4, 0.5) is 0 Å². The molecule has 1 aliphatic carbocycles. The van der Waals surface area contributed by atoms with Crippen molar-refractivity contribution in [3.63, 3.8) is 0 Å². The molecule has 1 aliphatic rings. The second-order valence-electron chi connectivity index (χ2n) is 5.89. The van der Waals surface area contributed by atoms with Crippen LogP contribution in [-0.2, 0) is 4.74 Å². The van der Waals surface area contributed by atoms with Crippen LogP contribution in [0.2, 0.25) is 0 Å². The third-order valence-corrected chi connectivity index (χ3v) is 4.28. The summed E-state index contributed by atoms with van der Waals surface area (Å²) in [6.45, 7) is 6.07. The van der Waals surface area contributed by atoms with E-state index in [0.717, 1.165) is 19.1 Å². The number of hydrogen-bond acceptors (Lipinski definition) is 4. The number of methoxy groups -OCH3 is 1. The Bertz CT molecular complexity index is 392. The standard InChI is InChI=1S/C16H27N3O/c1-12(17)16(15-6-8-18-9-7-15)19(10-11-20-3)13(2)14-4-5-14/h6-9,12-14,16H,4-5,10-11,17H2,1-3H3. The summed E-state index contributed by atoms with van der Waals surface area (Å²) in [4.78, 5) is 6.63. The van der Waals surface area contributed by atoms with E-state index in [1.165, 1.54) is 18.4 Å². The summed E-state index contributed by atoms with van der Waals surface area (Å²) in [6.07, 6.45) is 6.38. The van der Waals surface area contributed by atoms with Crippen molar-refractivity contribution in [3.05, 3.63) is 30.1 Å². The minimum Gasteiger partial charge on any atom is -0.383 e. The molecule has 0 aliphatic heterocycles. The van der Waals surface area contributed by atoms with Gasteiger partial charge >= 0.3 is 0 Å². The van der Waals surface area contributed by atoms with Gasteiger partial charge in [-0.3, -0.25) is 9.88 Å². The lowest BCUT2D eigenvalue weighted by Crippen LogP contribution is -2.46. The van der Waals surface area contributed by atoms with Crippen LogP contribution in [0.1, 0.15) is 38.3 Å². The van der Waals surface area contributed by atoms with E-state index in [1.807, 2.05) is 12.4 Å². The second kappa shape index (κ2) is 7.16. The fraction of sp³-hybridized carbons (Fsp3) is 0.688. The topological polar surface area (TPSA) is 51.4 Å². The molecule has 0 aromatic carbocycles. The van der Waals surface area contributed by atoms with Gasteiger partial charge in [0, 0.05) is 38.1 Å². The third-order valence-electron chi connectivity index (χ3n) is 4.28. The van der Waals surface area contributed by atoms with Crippen LogP contribution in [-0.4, -0.2) is 42.2 Å². The molecule has 2 rings (SSSR count). The van der Waals surface area contributed by atoms with E-state index in [4.69, 9.17) is 10.5 Å². The van der Waals surface area contributed by atoms with E-state index in [2.05, 4.69) is 35.9 Å². The average molecular weight is 277 g/mol. The number of rotatable bonds is 8. The molecular weight excluding hydrogens is 250 g/mol. The Morgan fingerprint density at radius 2 is 2.00 bits per heavy atom. The molecule has 4 heteroatoms. The number of nitrogens with zero attached hydrogens (tertiary/aromatic N) is 2. The van der Waals surface area contributed by atoms with Crippen LogP contribution in [0.15, 0.2) is 24.5 Å². The largest absolute Gasteiger partial charge is 0.383 e. The molecule has 1 fully saturated rings. The van der Waals surface area contributed by atoms with Gasteiger partial charge in [0.25, 0.3) is 0 Å². The Labute approximate surface area is 122 Å². The summed E-state index contributed by atoms with van der Waals surface area (Å²) in [5.41, 5.74) is 7.55. The summed E-state index contributed by atoms with van der Waals surface area (Å²) >= 11 is 0. The third kappa shape index (κ3) is 3.78. The maximum Gasteiger partial charge on any atom is 0.0590 e. The summed E-state index contributed by atoms with van der Waals surface area (Å²) in [5, 5.41) is 0. The highest BCUT2D eigenvalue weighted by Crippen LogP contribution is 2.38. The molecule has 0 amide bonds. The van der Waals surface area contributed by atoms with Crippen molar-refractivity contribution in [3.8, 4) is 0 Å². The van der Waals surface area contributed by atoms with Crippen LogP contribution in [0.3, 0.4) is 0 Å². The molecule has 1 aromatic heterocycles. The van der Waals surface area contributed by atoms with Crippen molar-refractivity contribution in [2.75, 3.05) is 20.3 Å². The maximum atomic E-state index is 6.30.